The molecule has 20 heavy (non-hydrogen) atoms. The van der Waals surface area contributed by atoms with E-state index >= 15 is 0 Å². The molecule has 0 aliphatic heterocycles. The number of nitrogens with one attached hydrogen (secondary N) is 1. The summed E-state index contributed by atoms with van der Waals surface area (Å²) in [4.78, 5) is 2.22. The highest BCUT2D eigenvalue weighted by molar-refractivity contribution is 5.60. The third-order valence-corrected chi connectivity index (χ3v) is 3.10. The molecule has 0 bridgehead atoms. The molecule has 0 amide bonds. The summed E-state index contributed by atoms with van der Waals surface area (Å²) >= 11 is 0. The maximum Gasteiger partial charge on any atom is 0.142 e. The number of ether oxygens (including phenoxy) is 3. The predicted molar refractivity (Wildman–Crippen MR) is 81.7 cm³/mol. The number of anilines is 1. The van der Waals surface area contributed by atoms with Crippen LogP contribution in [-0.2, 0) is 16.0 Å². The van der Waals surface area contributed by atoms with Gasteiger partial charge < -0.3 is 24.4 Å². The van der Waals surface area contributed by atoms with E-state index in [0.29, 0.717) is 13.2 Å². The predicted octanol–water partition coefficient (Wildman–Crippen LogP) is 1.51. The van der Waals surface area contributed by atoms with Gasteiger partial charge in [0.2, 0.25) is 0 Å². The summed E-state index contributed by atoms with van der Waals surface area (Å²) in [5.74, 6) is 0.880. The molecule has 0 fully saturated rings. The second-order valence-electron chi connectivity index (χ2n) is 4.51. The largest absolute Gasteiger partial charge is 0.495 e. The van der Waals surface area contributed by atoms with Gasteiger partial charge >= 0.3 is 0 Å². The summed E-state index contributed by atoms with van der Waals surface area (Å²) in [5.41, 5.74) is 2.27. The van der Waals surface area contributed by atoms with Crippen LogP contribution in [-0.4, -0.2) is 54.7 Å². The quantitative estimate of drug-likeness (QED) is 0.705. The number of methoxy groups -OCH3 is 3. The molecule has 0 saturated heterocycles. The molecule has 1 N–H and O–H groups in total. The van der Waals surface area contributed by atoms with E-state index < -0.39 is 0 Å². The highest BCUT2D eigenvalue weighted by Gasteiger charge is 2.12. The lowest BCUT2D eigenvalue weighted by atomic mass is 10.1. The van der Waals surface area contributed by atoms with Crippen molar-refractivity contribution in [2.75, 3.05) is 59.6 Å². The Hall–Kier alpha value is -1.30. The van der Waals surface area contributed by atoms with E-state index in [9.17, 15) is 0 Å². The maximum atomic E-state index is 5.52. The first kappa shape index (κ1) is 16.8. The standard InChI is InChI=1S/C15H26N2O3/c1-16-12-13-5-6-14(15(11-13)20-4)17(7-9-18-2)8-10-19-3/h5-6,11,16H,7-10,12H2,1-4H3. The minimum atomic E-state index is 0.672. The molecule has 0 spiro atoms. The molecule has 0 saturated carbocycles. The van der Waals surface area contributed by atoms with Gasteiger partial charge in [-0.25, -0.2) is 0 Å². The smallest absolute Gasteiger partial charge is 0.142 e. The Morgan fingerprint density at radius 3 is 2.20 bits per heavy atom. The van der Waals surface area contributed by atoms with E-state index in [-0.39, 0.29) is 0 Å². The molecule has 1 aromatic carbocycles. The molecule has 5 heteroatoms. The summed E-state index contributed by atoms with van der Waals surface area (Å²) in [5, 5.41) is 3.14. The first-order chi connectivity index (χ1) is 9.76. The van der Waals surface area contributed by atoms with Gasteiger partial charge in [-0.3, -0.25) is 0 Å². The van der Waals surface area contributed by atoms with Crippen molar-refractivity contribution >= 4 is 5.69 Å². The number of benzene rings is 1. The zero-order valence-corrected chi connectivity index (χ0v) is 12.9. The Morgan fingerprint density at radius 1 is 1.05 bits per heavy atom. The van der Waals surface area contributed by atoms with Gasteiger partial charge in [-0.1, -0.05) is 6.07 Å². The number of hydrogen-bond acceptors (Lipinski definition) is 5. The van der Waals surface area contributed by atoms with Gasteiger partial charge in [-0.05, 0) is 24.7 Å². The van der Waals surface area contributed by atoms with Crippen LogP contribution in [0.25, 0.3) is 0 Å². The van der Waals surface area contributed by atoms with E-state index in [0.717, 1.165) is 31.1 Å². The first-order valence-electron chi connectivity index (χ1n) is 6.81. The molecular formula is C15H26N2O3. The summed E-state index contributed by atoms with van der Waals surface area (Å²) < 4.78 is 15.9. The monoisotopic (exact) mass is 282 g/mol. The van der Waals surface area contributed by atoms with Gasteiger partial charge in [0.15, 0.2) is 0 Å². The zero-order valence-electron chi connectivity index (χ0n) is 12.9. The van der Waals surface area contributed by atoms with Crippen LogP contribution in [0.1, 0.15) is 5.56 Å². The minimum absolute atomic E-state index is 0.672. The van der Waals surface area contributed by atoms with Crippen molar-refractivity contribution in [1.82, 2.24) is 5.32 Å². The van der Waals surface area contributed by atoms with Crippen LogP contribution in [0.4, 0.5) is 5.69 Å². The maximum absolute atomic E-state index is 5.52. The Bertz CT molecular complexity index is 377. The lowest BCUT2D eigenvalue weighted by molar-refractivity contribution is 0.190. The van der Waals surface area contributed by atoms with Gasteiger partial charge in [0.05, 0.1) is 26.0 Å². The summed E-state index contributed by atoms with van der Waals surface area (Å²) in [7, 11) is 7.06. The zero-order chi connectivity index (χ0) is 14.8. The van der Waals surface area contributed by atoms with E-state index in [1.54, 1.807) is 21.3 Å². The Morgan fingerprint density at radius 2 is 1.70 bits per heavy atom. The Labute approximate surface area is 121 Å². The molecule has 1 rings (SSSR count). The molecule has 0 radical (unpaired) electrons. The molecular weight excluding hydrogens is 256 g/mol. The third kappa shape index (κ3) is 5.00. The van der Waals surface area contributed by atoms with E-state index in [1.165, 1.54) is 5.56 Å². The molecule has 0 aliphatic carbocycles. The van der Waals surface area contributed by atoms with Crippen molar-refractivity contribution in [3.63, 3.8) is 0 Å². The van der Waals surface area contributed by atoms with E-state index in [2.05, 4.69) is 28.4 Å². The summed E-state index contributed by atoms with van der Waals surface area (Å²) in [6.07, 6.45) is 0. The van der Waals surface area contributed by atoms with Gasteiger partial charge in [-0.2, -0.15) is 0 Å². The second-order valence-corrected chi connectivity index (χ2v) is 4.51. The number of rotatable bonds is 10. The highest BCUT2D eigenvalue weighted by atomic mass is 16.5. The summed E-state index contributed by atoms with van der Waals surface area (Å²) in [6, 6.07) is 6.27. The lowest BCUT2D eigenvalue weighted by Crippen LogP contribution is -2.31. The van der Waals surface area contributed by atoms with Gasteiger partial charge in [-0.15, -0.1) is 0 Å². The van der Waals surface area contributed by atoms with Gasteiger partial charge in [0.25, 0.3) is 0 Å². The molecule has 0 heterocycles. The van der Waals surface area contributed by atoms with Crippen LogP contribution in [0.2, 0.25) is 0 Å². The van der Waals surface area contributed by atoms with E-state index in [4.69, 9.17) is 14.2 Å². The molecule has 0 unspecified atom stereocenters. The topological polar surface area (TPSA) is 43.0 Å². The fourth-order valence-electron chi connectivity index (χ4n) is 2.05. The fraction of sp³-hybridized carbons (Fsp3) is 0.600. The van der Waals surface area contributed by atoms with Crippen LogP contribution in [0.15, 0.2) is 18.2 Å². The van der Waals surface area contributed by atoms with Crippen molar-refractivity contribution in [3.05, 3.63) is 23.8 Å². The Balaban J connectivity index is 2.91. The highest BCUT2D eigenvalue weighted by Crippen LogP contribution is 2.29. The molecule has 114 valence electrons. The van der Waals surface area contributed by atoms with Crippen LogP contribution in [0, 0.1) is 0 Å². The SMILES string of the molecule is CNCc1ccc(N(CCOC)CCOC)c(OC)c1. The molecule has 0 aromatic heterocycles. The van der Waals surface area contributed by atoms with E-state index in [1.807, 2.05) is 7.05 Å². The van der Waals surface area contributed by atoms with Crippen LogP contribution >= 0.6 is 0 Å². The van der Waals surface area contributed by atoms with Crippen LogP contribution in [0.3, 0.4) is 0 Å². The van der Waals surface area contributed by atoms with Crippen molar-refractivity contribution in [2.24, 2.45) is 0 Å². The molecule has 1 aromatic rings. The second kappa shape index (κ2) is 9.58. The van der Waals surface area contributed by atoms with Gasteiger partial charge in [0, 0.05) is 33.9 Å². The normalized spacial score (nSPS) is 10.6. The Kier molecular flexibility index (Phi) is 8.02. The average Bonchev–Trinajstić information content (AvgIpc) is 2.48. The first-order valence-corrected chi connectivity index (χ1v) is 6.81. The third-order valence-electron chi connectivity index (χ3n) is 3.10. The lowest BCUT2D eigenvalue weighted by Gasteiger charge is -2.26. The fourth-order valence-corrected chi connectivity index (χ4v) is 2.05. The van der Waals surface area contributed by atoms with Crippen LogP contribution in [0.5, 0.6) is 5.75 Å². The van der Waals surface area contributed by atoms with Crippen LogP contribution < -0.4 is 15.0 Å². The van der Waals surface area contributed by atoms with Crippen molar-refractivity contribution in [1.29, 1.82) is 0 Å². The molecule has 0 atom stereocenters. The van der Waals surface area contributed by atoms with Gasteiger partial charge in [0.1, 0.15) is 5.75 Å². The number of nitrogens with zero attached hydrogens (tertiary/aromatic N) is 1. The molecule has 5 nitrogen and oxygen atoms in total. The number of hydrogen-bond donors (Lipinski definition) is 1. The van der Waals surface area contributed by atoms with Crippen molar-refractivity contribution in [2.45, 2.75) is 6.54 Å². The molecule has 0 aliphatic rings. The minimum Gasteiger partial charge on any atom is -0.495 e. The summed E-state index contributed by atoms with van der Waals surface area (Å²) in [6.45, 7) is 3.78. The average molecular weight is 282 g/mol. The van der Waals surface area contributed by atoms with Crippen molar-refractivity contribution in [3.8, 4) is 5.75 Å². The van der Waals surface area contributed by atoms with Crippen molar-refractivity contribution < 1.29 is 14.2 Å².